The lowest BCUT2D eigenvalue weighted by atomic mass is 10.1. The van der Waals surface area contributed by atoms with Crippen molar-refractivity contribution in [2.24, 2.45) is 0 Å². The monoisotopic (exact) mass is 257 g/mol. The van der Waals surface area contributed by atoms with Crippen LogP contribution in [0.15, 0.2) is 52.3 Å². The van der Waals surface area contributed by atoms with Crippen molar-refractivity contribution in [3.63, 3.8) is 0 Å². The fourth-order valence-electron chi connectivity index (χ4n) is 2.15. The first-order chi connectivity index (χ1) is 8.66. The highest BCUT2D eigenvalue weighted by Gasteiger charge is 2.25. The topological polar surface area (TPSA) is 46.2 Å². The summed E-state index contributed by atoms with van der Waals surface area (Å²) in [6, 6.07) is 13.2. The van der Waals surface area contributed by atoms with E-state index < -0.39 is 10.8 Å². The van der Waals surface area contributed by atoms with E-state index in [4.69, 9.17) is 0 Å². The molecule has 3 rings (SSSR count). The maximum atomic E-state index is 12.3. The van der Waals surface area contributed by atoms with Crippen molar-refractivity contribution >= 4 is 22.4 Å². The summed E-state index contributed by atoms with van der Waals surface area (Å²) >= 11 is 0. The van der Waals surface area contributed by atoms with Crippen molar-refractivity contribution in [1.29, 1.82) is 0 Å². The molecule has 1 amide bonds. The van der Waals surface area contributed by atoms with Crippen LogP contribution in [0.1, 0.15) is 6.92 Å². The molecule has 4 heteroatoms. The third-order valence-electron chi connectivity index (χ3n) is 2.88. The van der Waals surface area contributed by atoms with E-state index in [0.29, 0.717) is 5.69 Å². The molecule has 0 fully saturated rings. The van der Waals surface area contributed by atoms with Crippen molar-refractivity contribution in [3.8, 4) is 11.1 Å². The molecule has 1 unspecified atom stereocenters. The Balaban J connectivity index is 2.14. The second-order valence-corrected chi connectivity index (χ2v) is 5.57. The first-order valence-corrected chi connectivity index (χ1v) is 6.74. The number of anilines is 1. The van der Waals surface area contributed by atoms with E-state index in [2.05, 4.69) is 5.32 Å². The van der Waals surface area contributed by atoms with Gasteiger partial charge in [0, 0.05) is 12.6 Å². The Morgan fingerprint density at radius 2 is 1.78 bits per heavy atom. The first-order valence-electron chi connectivity index (χ1n) is 5.59. The Morgan fingerprint density at radius 3 is 2.56 bits per heavy atom. The molecular formula is C14H11NO2S. The summed E-state index contributed by atoms with van der Waals surface area (Å²) in [5.41, 5.74) is 2.68. The second-order valence-electron chi connectivity index (χ2n) is 4.16. The van der Waals surface area contributed by atoms with Crippen LogP contribution in [0.2, 0.25) is 0 Å². The van der Waals surface area contributed by atoms with Gasteiger partial charge in [-0.2, -0.15) is 0 Å². The Hall–Kier alpha value is -1.94. The van der Waals surface area contributed by atoms with Crippen LogP contribution in [0.3, 0.4) is 0 Å². The zero-order chi connectivity index (χ0) is 12.7. The molecule has 2 aromatic carbocycles. The van der Waals surface area contributed by atoms with Crippen molar-refractivity contribution in [1.82, 2.24) is 0 Å². The van der Waals surface area contributed by atoms with Crippen molar-refractivity contribution in [3.05, 3.63) is 42.5 Å². The minimum absolute atomic E-state index is 0.128. The average Bonchev–Trinajstić information content (AvgIpc) is 2.63. The summed E-state index contributed by atoms with van der Waals surface area (Å²) in [7, 11) is -1.15. The summed E-state index contributed by atoms with van der Waals surface area (Å²) in [5, 5.41) is 2.71. The lowest BCUT2D eigenvalue weighted by molar-refractivity contribution is -0.114. The first kappa shape index (κ1) is 11.2. The molecule has 1 heterocycles. The molecule has 0 saturated carbocycles. The van der Waals surface area contributed by atoms with Gasteiger partial charge in [0.2, 0.25) is 5.91 Å². The van der Waals surface area contributed by atoms with Crippen molar-refractivity contribution in [2.75, 3.05) is 5.32 Å². The molecule has 0 radical (unpaired) electrons. The molecule has 0 aromatic heterocycles. The van der Waals surface area contributed by atoms with Gasteiger partial charge in [0.1, 0.15) is 0 Å². The van der Waals surface area contributed by atoms with Crippen LogP contribution in [0, 0.1) is 0 Å². The zero-order valence-corrected chi connectivity index (χ0v) is 10.6. The molecule has 18 heavy (non-hydrogen) atoms. The number of carbonyl (C=O) groups is 1. The van der Waals surface area contributed by atoms with Crippen molar-refractivity contribution in [2.45, 2.75) is 16.7 Å². The fraction of sp³-hybridized carbons (Fsp3) is 0.0714. The summed E-state index contributed by atoms with van der Waals surface area (Å²) < 4.78 is 12.3. The number of hydrogen-bond acceptors (Lipinski definition) is 2. The number of carbonyl (C=O) groups excluding carboxylic acids is 1. The van der Waals surface area contributed by atoms with Gasteiger partial charge in [-0.05, 0) is 29.3 Å². The number of nitrogens with one attached hydrogen (secondary N) is 1. The second kappa shape index (κ2) is 4.07. The Bertz CT molecular complexity index is 679. The molecule has 0 bridgehead atoms. The Morgan fingerprint density at radius 1 is 1.06 bits per heavy atom. The van der Waals surface area contributed by atoms with E-state index in [1.807, 2.05) is 36.4 Å². The van der Waals surface area contributed by atoms with E-state index in [1.165, 1.54) is 6.92 Å². The molecule has 1 N–H and O–H groups in total. The molecule has 0 aliphatic carbocycles. The third kappa shape index (κ3) is 1.66. The summed E-state index contributed by atoms with van der Waals surface area (Å²) in [4.78, 5) is 12.6. The SMILES string of the molecule is CC(=O)Nc1ccc2c(c1)S(=O)c1ccccc1-2. The van der Waals surface area contributed by atoms with E-state index in [-0.39, 0.29) is 5.91 Å². The van der Waals surface area contributed by atoms with Gasteiger partial charge in [-0.1, -0.05) is 24.3 Å². The number of amides is 1. The fourth-order valence-corrected chi connectivity index (χ4v) is 3.58. The minimum Gasteiger partial charge on any atom is -0.326 e. The van der Waals surface area contributed by atoms with Gasteiger partial charge in [-0.25, -0.2) is 4.21 Å². The van der Waals surface area contributed by atoms with E-state index in [1.54, 1.807) is 6.07 Å². The highest BCUT2D eigenvalue weighted by Crippen LogP contribution is 2.41. The predicted molar refractivity (Wildman–Crippen MR) is 70.9 cm³/mol. The van der Waals surface area contributed by atoms with E-state index >= 15 is 0 Å². The molecular weight excluding hydrogens is 246 g/mol. The smallest absolute Gasteiger partial charge is 0.221 e. The van der Waals surface area contributed by atoms with Crippen LogP contribution >= 0.6 is 0 Å². The van der Waals surface area contributed by atoms with Gasteiger partial charge in [0.25, 0.3) is 0 Å². The lowest BCUT2D eigenvalue weighted by Crippen LogP contribution is -2.05. The van der Waals surface area contributed by atoms with Crippen LogP contribution in [-0.2, 0) is 15.6 Å². The Labute approximate surface area is 107 Å². The summed E-state index contributed by atoms with van der Waals surface area (Å²) in [6.45, 7) is 1.46. The normalized spacial score (nSPS) is 15.9. The third-order valence-corrected chi connectivity index (χ3v) is 4.37. The van der Waals surface area contributed by atoms with Gasteiger partial charge >= 0.3 is 0 Å². The summed E-state index contributed by atoms with van der Waals surface area (Å²) in [6.07, 6.45) is 0. The Kier molecular flexibility index (Phi) is 2.52. The highest BCUT2D eigenvalue weighted by molar-refractivity contribution is 7.85. The number of fused-ring (bicyclic) bond motifs is 3. The van der Waals surface area contributed by atoms with Gasteiger partial charge < -0.3 is 5.32 Å². The molecule has 1 aliphatic rings. The highest BCUT2D eigenvalue weighted by atomic mass is 32.2. The predicted octanol–water partition coefficient (Wildman–Crippen LogP) is 2.79. The van der Waals surface area contributed by atoms with Gasteiger partial charge in [-0.3, -0.25) is 4.79 Å². The van der Waals surface area contributed by atoms with Crippen LogP contribution in [0.5, 0.6) is 0 Å². The van der Waals surface area contributed by atoms with Crippen LogP contribution in [0.4, 0.5) is 5.69 Å². The maximum Gasteiger partial charge on any atom is 0.221 e. The minimum atomic E-state index is -1.15. The molecule has 1 atom stereocenters. The molecule has 1 aliphatic heterocycles. The standard InChI is InChI=1S/C14H11NO2S/c1-9(16)15-10-6-7-12-11-4-2-3-5-13(11)18(17)14(12)8-10/h2-8H,1H3,(H,15,16). The number of benzene rings is 2. The van der Waals surface area contributed by atoms with E-state index in [9.17, 15) is 9.00 Å². The molecule has 90 valence electrons. The number of hydrogen-bond donors (Lipinski definition) is 1. The quantitative estimate of drug-likeness (QED) is 0.728. The molecule has 2 aromatic rings. The van der Waals surface area contributed by atoms with Gasteiger partial charge in [0.05, 0.1) is 20.6 Å². The van der Waals surface area contributed by atoms with Crippen LogP contribution in [-0.4, -0.2) is 10.1 Å². The largest absolute Gasteiger partial charge is 0.326 e. The average molecular weight is 257 g/mol. The van der Waals surface area contributed by atoms with Gasteiger partial charge in [0.15, 0.2) is 0 Å². The maximum absolute atomic E-state index is 12.3. The molecule has 0 saturated heterocycles. The lowest BCUT2D eigenvalue weighted by Gasteiger charge is -2.04. The number of rotatable bonds is 1. The van der Waals surface area contributed by atoms with Crippen LogP contribution in [0.25, 0.3) is 11.1 Å². The summed E-state index contributed by atoms with van der Waals surface area (Å²) in [5.74, 6) is -0.128. The molecule has 0 spiro atoms. The van der Waals surface area contributed by atoms with Gasteiger partial charge in [-0.15, -0.1) is 0 Å². The zero-order valence-electron chi connectivity index (χ0n) is 9.77. The molecule has 3 nitrogen and oxygen atoms in total. The van der Waals surface area contributed by atoms with E-state index in [0.717, 1.165) is 20.9 Å². The van der Waals surface area contributed by atoms with Crippen molar-refractivity contribution < 1.29 is 9.00 Å². The van der Waals surface area contributed by atoms with Crippen LogP contribution < -0.4 is 5.32 Å².